The number of benzene rings is 2. The van der Waals surface area contributed by atoms with Crippen molar-refractivity contribution in [2.75, 3.05) is 20.1 Å². The Morgan fingerprint density at radius 1 is 1.03 bits per heavy atom. The van der Waals surface area contributed by atoms with Gasteiger partial charge in [-0.15, -0.1) is 12.4 Å². The summed E-state index contributed by atoms with van der Waals surface area (Å²) in [5, 5.41) is 3.19. The van der Waals surface area contributed by atoms with Crippen molar-refractivity contribution in [2.24, 2.45) is 5.92 Å². The van der Waals surface area contributed by atoms with Crippen LogP contribution in [0.4, 0.5) is 30.7 Å². The molecule has 3 rings (SSSR count). The summed E-state index contributed by atoms with van der Waals surface area (Å²) in [6, 6.07) is 4.58. The van der Waals surface area contributed by atoms with E-state index < -0.39 is 47.2 Å². The van der Waals surface area contributed by atoms with Crippen LogP contribution >= 0.6 is 12.4 Å². The van der Waals surface area contributed by atoms with Gasteiger partial charge in [0.25, 0.3) is 0 Å². The van der Waals surface area contributed by atoms with Crippen molar-refractivity contribution in [3.8, 4) is 0 Å². The summed E-state index contributed by atoms with van der Waals surface area (Å²) in [6.45, 7) is 4.08. The van der Waals surface area contributed by atoms with Crippen molar-refractivity contribution in [1.29, 1.82) is 0 Å². The van der Waals surface area contributed by atoms with E-state index in [4.69, 9.17) is 0 Å². The monoisotopic (exact) mass is 526 g/mol. The molecule has 2 aromatic rings. The molecule has 1 aliphatic rings. The molecule has 0 bridgehead atoms. The van der Waals surface area contributed by atoms with Gasteiger partial charge in [-0.2, -0.15) is 26.3 Å². The fourth-order valence-electron chi connectivity index (χ4n) is 4.43. The zero-order valence-corrected chi connectivity index (χ0v) is 20.0. The Labute approximate surface area is 205 Å². The van der Waals surface area contributed by atoms with Gasteiger partial charge in [0.15, 0.2) is 0 Å². The van der Waals surface area contributed by atoms with Gasteiger partial charge in [0.1, 0.15) is 5.82 Å². The van der Waals surface area contributed by atoms with Crippen LogP contribution in [-0.2, 0) is 17.1 Å². The molecule has 1 aliphatic heterocycles. The van der Waals surface area contributed by atoms with Gasteiger partial charge in [0.05, 0.1) is 17.2 Å². The third-order valence-electron chi connectivity index (χ3n) is 6.45. The number of aryl methyl sites for hydroxylation is 1. The number of amides is 1. The first-order valence-electron chi connectivity index (χ1n) is 10.7. The standard InChI is InChI=1S/C24H25F7N2O.ClH/c1-13-8-18(25)4-5-19(13)21-12-32-7-6-20(21)22(34)33(3)14(2)15-9-16(23(26,27)28)11-17(10-15)24(29,30)31;/h4-5,8-11,14,20-21,32H,6-7,12H2,1-3H3;1H/t14-,20?,21?;/m1./s1. The number of halogens is 8. The van der Waals surface area contributed by atoms with Gasteiger partial charge in [-0.3, -0.25) is 4.79 Å². The first kappa shape index (κ1) is 28.9. The van der Waals surface area contributed by atoms with E-state index in [9.17, 15) is 35.5 Å². The molecule has 35 heavy (non-hydrogen) atoms. The maximum absolute atomic E-state index is 13.6. The maximum Gasteiger partial charge on any atom is 0.416 e. The highest BCUT2D eigenvalue weighted by atomic mass is 35.5. The van der Waals surface area contributed by atoms with Crippen LogP contribution in [0.15, 0.2) is 36.4 Å². The molecule has 1 fully saturated rings. The van der Waals surface area contributed by atoms with E-state index in [1.165, 1.54) is 31.0 Å². The molecule has 0 saturated carbocycles. The molecule has 0 aliphatic carbocycles. The van der Waals surface area contributed by atoms with Gasteiger partial charge in [-0.25, -0.2) is 4.39 Å². The normalized spacial score (nSPS) is 19.6. The van der Waals surface area contributed by atoms with Gasteiger partial charge < -0.3 is 10.2 Å². The van der Waals surface area contributed by atoms with Crippen molar-refractivity contribution in [2.45, 2.75) is 44.6 Å². The summed E-state index contributed by atoms with van der Waals surface area (Å²) in [7, 11) is 1.37. The maximum atomic E-state index is 13.6. The molecule has 1 heterocycles. The van der Waals surface area contributed by atoms with Crippen LogP contribution < -0.4 is 5.32 Å². The van der Waals surface area contributed by atoms with Crippen LogP contribution in [-0.4, -0.2) is 30.9 Å². The summed E-state index contributed by atoms with van der Waals surface area (Å²) in [4.78, 5) is 14.6. The largest absolute Gasteiger partial charge is 0.416 e. The summed E-state index contributed by atoms with van der Waals surface area (Å²) >= 11 is 0. The fourth-order valence-corrected chi connectivity index (χ4v) is 4.43. The molecule has 0 aromatic heterocycles. The van der Waals surface area contributed by atoms with E-state index in [1.807, 2.05) is 0 Å². The van der Waals surface area contributed by atoms with Crippen LogP contribution in [0.2, 0.25) is 0 Å². The molecule has 1 saturated heterocycles. The lowest BCUT2D eigenvalue weighted by molar-refractivity contribution is -0.143. The molecular formula is C24H26ClF7N2O. The highest BCUT2D eigenvalue weighted by molar-refractivity contribution is 5.85. The number of piperidine rings is 1. The zero-order chi connectivity index (χ0) is 25.4. The fraction of sp³-hybridized carbons (Fsp3) is 0.458. The first-order chi connectivity index (χ1) is 15.7. The Kier molecular flexibility index (Phi) is 8.87. The number of carbonyl (C=O) groups excluding carboxylic acids is 1. The topological polar surface area (TPSA) is 32.3 Å². The molecule has 2 unspecified atom stereocenters. The second-order valence-electron chi connectivity index (χ2n) is 8.67. The Morgan fingerprint density at radius 3 is 2.11 bits per heavy atom. The third-order valence-corrected chi connectivity index (χ3v) is 6.45. The molecular weight excluding hydrogens is 501 g/mol. The molecule has 3 nitrogen and oxygen atoms in total. The Balaban J connectivity index is 0.00000432. The van der Waals surface area contributed by atoms with Crippen LogP contribution in [0.1, 0.15) is 53.1 Å². The highest BCUT2D eigenvalue weighted by Gasteiger charge is 2.39. The summed E-state index contributed by atoms with van der Waals surface area (Å²) in [5.74, 6) is -1.69. The van der Waals surface area contributed by atoms with Crippen molar-refractivity contribution in [3.05, 3.63) is 70.0 Å². The van der Waals surface area contributed by atoms with Crippen molar-refractivity contribution in [1.82, 2.24) is 10.2 Å². The lowest BCUT2D eigenvalue weighted by Gasteiger charge is -2.37. The SMILES string of the molecule is Cc1cc(F)ccc1C1CNCCC1C(=O)N(C)[C@H](C)c1cc(C(F)(F)F)cc(C(F)(F)F)c1.Cl. The number of nitrogens with zero attached hydrogens (tertiary/aromatic N) is 1. The van der Waals surface area contributed by atoms with Crippen LogP contribution in [0, 0.1) is 18.7 Å². The van der Waals surface area contributed by atoms with Crippen molar-refractivity contribution < 1.29 is 35.5 Å². The number of carbonyl (C=O) groups is 1. The van der Waals surface area contributed by atoms with E-state index in [0.717, 1.165) is 5.56 Å². The van der Waals surface area contributed by atoms with E-state index in [1.54, 1.807) is 13.0 Å². The quantitative estimate of drug-likeness (QED) is 0.461. The molecule has 1 N–H and O–H groups in total. The molecule has 3 atom stereocenters. The number of hydrogen-bond donors (Lipinski definition) is 1. The molecule has 2 aromatic carbocycles. The van der Waals surface area contributed by atoms with Crippen LogP contribution in [0.25, 0.3) is 0 Å². The number of rotatable bonds is 4. The average molecular weight is 527 g/mol. The van der Waals surface area contributed by atoms with Crippen LogP contribution in [0.3, 0.4) is 0 Å². The Bertz CT molecular complexity index is 1020. The lowest BCUT2D eigenvalue weighted by atomic mass is 9.79. The Morgan fingerprint density at radius 2 is 1.60 bits per heavy atom. The number of nitrogens with one attached hydrogen (secondary N) is 1. The van der Waals surface area contributed by atoms with Gasteiger partial charge >= 0.3 is 12.4 Å². The summed E-state index contributed by atoms with van der Waals surface area (Å²) < 4.78 is 93.2. The number of alkyl halides is 6. The zero-order valence-electron chi connectivity index (χ0n) is 19.2. The molecule has 0 spiro atoms. The van der Waals surface area contributed by atoms with Gasteiger partial charge in [0.2, 0.25) is 5.91 Å². The predicted octanol–water partition coefficient (Wildman–Crippen LogP) is 6.51. The third kappa shape index (κ3) is 6.46. The minimum absolute atomic E-state index is 0. The van der Waals surface area contributed by atoms with E-state index in [-0.39, 0.29) is 30.0 Å². The Hall–Kier alpha value is -2.33. The minimum atomic E-state index is -4.97. The predicted molar refractivity (Wildman–Crippen MR) is 120 cm³/mol. The van der Waals surface area contributed by atoms with E-state index in [2.05, 4.69) is 5.32 Å². The van der Waals surface area contributed by atoms with Gasteiger partial charge in [0, 0.05) is 25.4 Å². The van der Waals surface area contributed by atoms with Gasteiger partial charge in [-0.05, 0) is 73.8 Å². The van der Waals surface area contributed by atoms with Crippen molar-refractivity contribution >= 4 is 18.3 Å². The summed E-state index contributed by atoms with van der Waals surface area (Å²) in [5.41, 5.74) is -1.68. The molecule has 194 valence electrons. The molecule has 1 amide bonds. The molecule has 0 radical (unpaired) electrons. The van der Waals surface area contributed by atoms with Gasteiger partial charge in [-0.1, -0.05) is 6.07 Å². The minimum Gasteiger partial charge on any atom is -0.339 e. The highest BCUT2D eigenvalue weighted by Crippen LogP contribution is 2.39. The summed E-state index contributed by atoms with van der Waals surface area (Å²) in [6.07, 6.45) is -9.52. The second kappa shape index (κ2) is 10.7. The van der Waals surface area contributed by atoms with Crippen molar-refractivity contribution in [3.63, 3.8) is 0 Å². The van der Waals surface area contributed by atoms with E-state index in [0.29, 0.717) is 37.2 Å². The lowest BCUT2D eigenvalue weighted by Crippen LogP contribution is -2.44. The number of hydrogen-bond acceptors (Lipinski definition) is 2. The first-order valence-corrected chi connectivity index (χ1v) is 10.7. The van der Waals surface area contributed by atoms with E-state index >= 15 is 0 Å². The second-order valence-corrected chi connectivity index (χ2v) is 8.67. The average Bonchev–Trinajstić information content (AvgIpc) is 2.76. The smallest absolute Gasteiger partial charge is 0.339 e. The van der Waals surface area contributed by atoms with Crippen LogP contribution in [0.5, 0.6) is 0 Å². The molecule has 11 heteroatoms.